The molecule has 3 rings (SSSR count). The minimum Gasteiger partial charge on any atom is -0.480 e. The molecule has 0 spiro atoms. The van der Waals surface area contributed by atoms with Gasteiger partial charge in [-0.2, -0.15) is 0 Å². The van der Waals surface area contributed by atoms with E-state index in [4.69, 9.17) is 9.47 Å². The Labute approximate surface area is 165 Å². The first-order chi connectivity index (χ1) is 13.5. The van der Waals surface area contributed by atoms with Crippen LogP contribution in [0.3, 0.4) is 0 Å². The second kappa shape index (κ2) is 8.89. The third-order valence-corrected chi connectivity index (χ3v) is 4.79. The minimum absolute atomic E-state index is 0.109. The van der Waals surface area contributed by atoms with Crippen LogP contribution < -0.4 is 10.1 Å². The van der Waals surface area contributed by atoms with Crippen LogP contribution in [0.25, 0.3) is 0 Å². The van der Waals surface area contributed by atoms with Crippen LogP contribution in [-0.4, -0.2) is 49.1 Å². The van der Waals surface area contributed by atoms with Gasteiger partial charge in [-0.3, -0.25) is 9.59 Å². The predicted octanol–water partition coefficient (Wildman–Crippen LogP) is 3.18. The van der Waals surface area contributed by atoms with Crippen LogP contribution in [0.2, 0.25) is 0 Å². The Bertz CT molecular complexity index is 839. The number of para-hydroxylation sites is 2. The SMILES string of the molecule is Cc1cccc(C)c1O[C@H](C)C(=O)Nc1ccccc1C(=O)N1CCOCC1. The number of morpholine rings is 1. The van der Waals surface area contributed by atoms with Crippen LogP contribution in [0.5, 0.6) is 5.75 Å². The second-order valence-electron chi connectivity index (χ2n) is 6.92. The fourth-order valence-corrected chi connectivity index (χ4v) is 3.17. The lowest BCUT2D eigenvalue weighted by molar-refractivity contribution is -0.122. The Morgan fingerprint density at radius 3 is 2.36 bits per heavy atom. The zero-order valence-electron chi connectivity index (χ0n) is 16.5. The van der Waals surface area contributed by atoms with Gasteiger partial charge in [0.2, 0.25) is 0 Å². The average Bonchev–Trinajstić information content (AvgIpc) is 2.71. The van der Waals surface area contributed by atoms with E-state index in [1.165, 1.54) is 0 Å². The molecule has 0 unspecified atom stereocenters. The first-order valence-electron chi connectivity index (χ1n) is 9.47. The molecule has 28 heavy (non-hydrogen) atoms. The van der Waals surface area contributed by atoms with Crippen LogP contribution in [0.1, 0.15) is 28.4 Å². The zero-order valence-corrected chi connectivity index (χ0v) is 16.5. The summed E-state index contributed by atoms with van der Waals surface area (Å²) in [7, 11) is 0. The lowest BCUT2D eigenvalue weighted by Crippen LogP contribution is -2.41. The van der Waals surface area contributed by atoms with E-state index in [2.05, 4.69) is 5.32 Å². The molecule has 2 amide bonds. The first kappa shape index (κ1) is 19.9. The second-order valence-corrected chi connectivity index (χ2v) is 6.92. The van der Waals surface area contributed by atoms with Crippen LogP contribution in [0.4, 0.5) is 5.69 Å². The van der Waals surface area contributed by atoms with Gasteiger partial charge in [-0.25, -0.2) is 0 Å². The summed E-state index contributed by atoms with van der Waals surface area (Å²) < 4.78 is 11.2. The molecule has 0 bridgehead atoms. The van der Waals surface area contributed by atoms with Crippen LogP contribution >= 0.6 is 0 Å². The molecule has 0 aromatic heterocycles. The maximum absolute atomic E-state index is 12.8. The van der Waals surface area contributed by atoms with Crippen molar-refractivity contribution in [1.29, 1.82) is 0 Å². The van der Waals surface area contributed by atoms with E-state index >= 15 is 0 Å². The molecule has 1 atom stereocenters. The number of nitrogens with one attached hydrogen (secondary N) is 1. The van der Waals surface area contributed by atoms with E-state index in [-0.39, 0.29) is 11.8 Å². The number of anilines is 1. The van der Waals surface area contributed by atoms with Crippen molar-refractivity contribution in [1.82, 2.24) is 4.90 Å². The van der Waals surface area contributed by atoms with E-state index in [0.717, 1.165) is 11.1 Å². The number of ether oxygens (including phenoxy) is 2. The monoisotopic (exact) mass is 382 g/mol. The summed E-state index contributed by atoms with van der Waals surface area (Å²) in [6.45, 7) is 7.75. The number of amides is 2. The van der Waals surface area contributed by atoms with E-state index in [9.17, 15) is 9.59 Å². The standard InChI is InChI=1S/C22H26N2O4/c1-15-7-6-8-16(2)20(15)28-17(3)21(25)23-19-10-5-4-9-18(19)22(26)24-11-13-27-14-12-24/h4-10,17H,11-14H2,1-3H3,(H,23,25)/t17-/m1/s1. The van der Waals surface area contributed by atoms with E-state index < -0.39 is 6.10 Å². The lowest BCUT2D eigenvalue weighted by Gasteiger charge is -2.27. The molecule has 1 saturated heterocycles. The molecule has 1 fully saturated rings. The number of nitrogens with zero attached hydrogens (tertiary/aromatic N) is 1. The summed E-state index contributed by atoms with van der Waals surface area (Å²) in [6.07, 6.45) is -0.702. The van der Waals surface area contributed by atoms with Gasteiger partial charge in [-0.1, -0.05) is 30.3 Å². The highest BCUT2D eigenvalue weighted by molar-refractivity contribution is 6.04. The van der Waals surface area contributed by atoms with Gasteiger partial charge in [-0.15, -0.1) is 0 Å². The Hall–Kier alpha value is -2.86. The quantitative estimate of drug-likeness (QED) is 0.862. The molecule has 1 aliphatic heterocycles. The highest BCUT2D eigenvalue weighted by atomic mass is 16.5. The summed E-state index contributed by atoms with van der Waals surface area (Å²) in [5.74, 6) is 0.301. The van der Waals surface area contributed by atoms with Crippen molar-refractivity contribution in [3.05, 3.63) is 59.2 Å². The number of benzene rings is 2. The molecular formula is C22H26N2O4. The minimum atomic E-state index is -0.702. The van der Waals surface area contributed by atoms with E-state index in [1.807, 2.05) is 32.0 Å². The molecule has 0 radical (unpaired) electrons. The Morgan fingerprint density at radius 2 is 1.68 bits per heavy atom. The van der Waals surface area contributed by atoms with Gasteiger partial charge in [0.15, 0.2) is 6.10 Å². The van der Waals surface area contributed by atoms with Crippen molar-refractivity contribution >= 4 is 17.5 Å². The largest absolute Gasteiger partial charge is 0.480 e. The van der Waals surface area contributed by atoms with Gasteiger partial charge in [0.05, 0.1) is 24.5 Å². The predicted molar refractivity (Wildman–Crippen MR) is 108 cm³/mol. The Kier molecular flexibility index (Phi) is 6.31. The van der Waals surface area contributed by atoms with Gasteiger partial charge < -0.3 is 19.7 Å². The fraction of sp³-hybridized carbons (Fsp3) is 0.364. The van der Waals surface area contributed by atoms with Gasteiger partial charge in [-0.05, 0) is 44.0 Å². The number of hydrogen-bond acceptors (Lipinski definition) is 4. The van der Waals surface area contributed by atoms with Gasteiger partial charge in [0.1, 0.15) is 5.75 Å². The normalized spacial score (nSPS) is 15.0. The highest BCUT2D eigenvalue weighted by Crippen LogP contribution is 2.24. The fourth-order valence-electron chi connectivity index (χ4n) is 3.17. The van der Waals surface area contributed by atoms with E-state index in [0.29, 0.717) is 43.3 Å². The smallest absolute Gasteiger partial charge is 0.265 e. The number of hydrogen-bond donors (Lipinski definition) is 1. The molecule has 0 aliphatic carbocycles. The van der Waals surface area contributed by atoms with Gasteiger partial charge >= 0.3 is 0 Å². The molecule has 1 aliphatic rings. The highest BCUT2D eigenvalue weighted by Gasteiger charge is 2.23. The van der Waals surface area contributed by atoms with Crippen molar-refractivity contribution in [2.45, 2.75) is 26.9 Å². The summed E-state index contributed by atoms with van der Waals surface area (Å²) >= 11 is 0. The summed E-state index contributed by atoms with van der Waals surface area (Å²) in [5.41, 5.74) is 2.91. The maximum atomic E-state index is 12.8. The molecule has 0 saturated carbocycles. The topological polar surface area (TPSA) is 67.9 Å². The molecule has 2 aromatic carbocycles. The number of carbonyl (C=O) groups excluding carboxylic acids is 2. The van der Waals surface area contributed by atoms with E-state index in [1.54, 1.807) is 36.1 Å². The number of rotatable bonds is 5. The maximum Gasteiger partial charge on any atom is 0.265 e. The van der Waals surface area contributed by atoms with Crippen molar-refractivity contribution in [3.8, 4) is 5.75 Å². The molecule has 2 aromatic rings. The van der Waals surface area contributed by atoms with Crippen molar-refractivity contribution < 1.29 is 19.1 Å². The molecule has 148 valence electrons. The summed E-state index contributed by atoms with van der Waals surface area (Å²) in [5, 5.41) is 2.85. The number of aryl methyl sites for hydroxylation is 2. The molecule has 1 heterocycles. The Balaban J connectivity index is 1.72. The molecule has 6 nitrogen and oxygen atoms in total. The van der Waals surface area contributed by atoms with Crippen LogP contribution in [0.15, 0.2) is 42.5 Å². The molecule has 1 N–H and O–H groups in total. The first-order valence-corrected chi connectivity index (χ1v) is 9.47. The summed E-state index contributed by atoms with van der Waals surface area (Å²) in [4.78, 5) is 27.3. The third-order valence-electron chi connectivity index (χ3n) is 4.79. The lowest BCUT2D eigenvalue weighted by atomic mass is 10.1. The van der Waals surface area contributed by atoms with Crippen molar-refractivity contribution in [3.63, 3.8) is 0 Å². The van der Waals surface area contributed by atoms with Crippen molar-refractivity contribution in [2.75, 3.05) is 31.6 Å². The zero-order chi connectivity index (χ0) is 20.1. The van der Waals surface area contributed by atoms with Crippen LogP contribution in [0, 0.1) is 13.8 Å². The van der Waals surface area contributed by atoms with Gasteiger partial charge in [0.25, 0.3) is 11.8 Å². The Morgan fingerprint density at radius 1 is 1.04 bits per heavy atom. The molecule has 6 heteroatoms. The summed E-state index contributed by atoms with van der Waals surface area (Å²) in [6, 6.07) is 12.9. The third kappa shape index (κ3) is 4.51. The number of carbonyl (C=O) groups is 2. The average molecular weight is 382 g/mol. The molecular weight excluding hydrogens is 356 g/mol. The van der Waals surface area contributed by atoms with Gasteiger partial charge in [0, 0.05) is 13.1 Å². The van der Waals surface area contributed by atoms with Crippen LogP contribution in [-0.2, 0) is 9.53 Å². The van der Waals surface area contributed by atoms with Crippen molar-refractivity contribution in [2.24, 2.45) is 0 Å².